The van der Waals surface area contributed by atoms with Crippen molar-refractivity contribution in [2.75, 3.05) is 23.7 Å². The number of thioether (sulfide) groups is 1. The van der Waals surface area contributed by atoms with Gasteiger partial charge in [-0.05, 0) is 30.7 Å². The number of rotatable bonds is 3. The number of piperidine rings is 1. The lowest BCUT2D eigenvalue weighted by molar-refractivity contribution is 0.506. The Morgan fingerprint density at radius 3 is 3.06 bits per heavy atom. The number of anilines is 1. The Morgan fingerprint density at radius 1 is 1.56 bits per heavy atom. The molecule has 0 aromatic heterocycles. The van der Waals surface area contributed by atoms with Gasteiger partial charge in [0.2, 0.25) is 0 Å². The van der Waals surface area contributed by atoms with Gasteiger partial charge >= 0.3 is 0 Å². The second-order valence-electron chi connectivity index (χ2n) is 4.54. The third-order valence-electron chi connectivity index (χ3n) is 3.21. The highest BCUT2D eigenvalue weighted by atomic mass is 32.2. The van der Waals surface area contributed by atoms with Gasteiger partial charge in [0, 0.05) is 24.0 Å². The van der Waals surface area contributed by atoms with Crippen LogP contribution in [0.3, 0.4) is 0 Å². The molecule has 0 radical (unpaired) electrons. The van der Waals surface area contributed by atoms with Crippen molar-refractivity contribution < 1.29 is 0 Å². The normalized spacial score (nSPS) is 19.6. The summed E-state index contributed by atoms with van der Waals surface area (Å²) >= 11 is 1.73. The lowest BCUT2D eigenvalue weighted by atomic mass is 10.0. The quantitative estimate of drug-likeness (QED) is 0.850. The molecule has 0 aliphatic carbocycles. The van der Waals surface area contributed by atoms with Crippen LogP contribution in [0.25, 0.3) is 0 Å². The first-order valence-electron chi connectivity index (χ1n) is 6.42. The minimum absolute atomic E-state index is 0.229. The van der Waals surface area contributed by atoms with Gasteiger partial charge in [-0.15, -0.1) is 11.8 Å². The average molecular weight is 261 g/mol. The monoisotopic (exact) mass is 261 g/mol. The van der Waals surface area contributed by atoms with Crippen LogP contribution in [0, 0.1) is 11.3 Å². The van der Waals surface area contributed by atoms with Gasteiger partial charge < -0.3 is 10.6 Å². The van der Waals surface area contributed by atoms with E-state index in [1.54, 1.807) is 11.8 Å². The predicted octanol–water partition coefficient (Wildman–Crippen LogP) is 2.60. The minimum atomic E-state index is 0.229. The molecule has 1 aliphatic rings. The van der Waals surface area contributed by atoms with Gasteiger partial charge in [0.25, 0.3) is 0 Å². The predicted molar refractivity (Wildman–Crippen MR) is 77.0 cm³/mol. The van der Waals surface area contributed by atoms with Crippen molar-refractivity contribution >= 4 is 17.4 Å². The van der Waals surface area contributed by atoms with Gasteiger partial charge in [0.15, 0.2) is 0 Å². The van der Waals surface area contributed by atoms with Gasteiger partial charge in [-0.25, -0.2) is 0 Å². The highest BCUT2D eigenvalue weighted by molar-refractivity contribution is 7.99. The van der Waals surface area contributed by atoms with E-state index in [1.165, 1.54) is 0 Å². The van der Waals surface area contributed by atoms with E-state index in [2.05, 4.69) is 17.9 Å². The maximum absolute atomic E-state index is 9.40. The van der Waals surface area contributed by atoms with Gasteiger partial charge in [-0.1, -0.05) is 13.0 Å². The molecule has 1 aliphatic heterocycles. The SMILES string of the molecule is CCSc1cccc(N2CCCC(N)C2)c1C#N. The largest absolute Gasteiger partial charge is 0.369 e. The Morgan fingerprint density at radius 2 is 2.39 bits per heavy atom. The van der Waals surface area contributed by atoms with E-state index in [1.807, 2.05) is 18.2 Å². The summed E-state index contributed by atoms with van der Waals surface area (Å²) in [7, 11) is 0. The molecule has 1 heterocycles. The standard InChI is InChI=1S/C14H19N3S/c1-2-18-14-7-3-6-13(12(14)9-15)17-8-4-5-11(16)10-17/h3,6-7,11H,2,4-5,8,10,16H2,1H3. The summed E-state index contributed by atoms with van der Waals surface area (Å²) in [5.74, 6) is 0.984. The summed E-state index contributed by atoms with van der Waals surface area (Å²) in [5, 5.41) is 9.40. The Kier molecular flexibility index (Phi) is 4.51. The van der Waals surface area contributed by atoms with Crippen molar-refractivity contribution in [3.63, 3.8) is 0 Å². The summed E-state index contributed by atoms with van der Waals surface area (Å²) < 4.78 is 0. The van der Waals surface area contributed by atoms with Crippen LogP contribution in [-0.2, 0) is 0 Å². The highest BCUT2D eigenvalue weighted by Crippen LogP contribution is 2.31. The van der Waals surface area contributed by atoms with E-state index in [0.717, 1.165) is 47.8 Å². The molecule has 2 rings (SSSR count). The number of hydrogen-bond donors (Lipinski definition) is 1. The Bertz CT molecular complexity index is 453. The minimum Gasteiger partial charge on any atom is -0.369 e. The summed E-state index contributed by atoms with van der Waals surface area (Å²) in [5.41, 5.74) is 7.87. The molecule has 18 heavy (non-hydrogen) atoms. The summed E-state index contributed by atoms with van der Waals surface area (Å²) in [6.07, 6.45) is 2.19. The first-order valence-corrected chi connectivity index (χ1v) is 7.41. The van der Waals surface area contributed by atoms with E-state index in [9.17, 15) is 5.26 Å². The molecule has 96 valence electrons. The maximum atomic E-state index is 9.40. The molecule has 1 atom stereocenters. The van der Waals surface area contributed by atoms with Crippen molar-refractivity contribution in [3.8, 4) is 6.07 Å². The number of nitrogens with zero attached hydrogens (tertiary/aromatic N) is 2. The summed E-state index contributed by atoms with van der Waals surface area (Å²) in [6.45, 7) is 3.97. The van der Waals surface area contributed by atoms with Crippen molar-refractivity contribution in [3.05, 3.63) is 23.8 Å². The van der Waals surface area contributed by atoms with E-state index < -0.39 is 0 Å². The first-order chi connectivity index (χ1) is 8.76. The molecule has 1 unspecified atom stereocenters. The third-order valence-corrected chi connectivity index (χ3v) is 4.15. The molecule has 1 aromatic carbocycles. The molecule has 1 fully saturated rings. The zero-order valence-electron chi connectivity index (χ0n) is 10.7. The van der Waals surface area contributed by atoms with E-state index in [-0.39, 0.29) is 6.04 Å². The fraction of sp³-hybridized carbons (Fsp3) is 0.500. The first kappa shape index (κ1) is 13.3. The van der Waals surface area contributed by atoms with Gasteiger partial charge in [-0.3, -0.25) is 0 Å². The van der Waals surface area contributed by atoms with Crippen molar-refractivity contribution in [2.45, 2.75) is 30.7 Å². The van der Waals surface area contributed by atoms with Crippen LogP contribution in [0.2, 0.25) is 0 Å². The molecule has 3 nitrogen and oxygen atoms in total. The molecule has 4 heteroatoms. The summed E-state index contributed by atoms with van der Waals surface area (Å²) in [6, 6.07) is 8.69. The molecular weight excluding hydrogens is 242 g/mol. The highest BCUT2D eigenvalue weighted by Gasteiger charge is 2.20. The Balaban J connectivity index is 2.32. The number of benzene rings is 1. The van der Waals surface area contributed by atoms with Crippen LogP contribution >= 0.6 is 11.8 Å². The van der Waals surface area contributed by atoms with Crippen LogP contribution in [0.15, 0.2) is 23.1 Å². The Hall–Kier alpha value is -1.18. The van der Waals surface area contributed by atoms with E-state index in [4.69, 9.17) is 5.73 Å². The molecular formula is C14H19N3S. The second-order valence-corrected chi connectivity index (χ2v) is 5.85. The zero-order chi connectivity index (χ0) is 13.0. The van der Waals surface area contributed by atoms with Gasteiger partial charge in [0.1, 0.15) is 6.07 Å². The fourth-order valence-electron chi connectivity index (χ4n) is 2.40. The van der Waals surface area contributed by atoms with Crippen molar-refractivity contribution in [1.82, 2.24) is 0 Å². The van der Waals surface area contributed by atoms with Crippen LogP contribution in [-0.4, -0.2) is 24.9 Å². The van der Waals surface area contributed by atoms with E-state index >= 15 is 0 Å². The molecule has 0 spiro atoms. The topological polar surface area (TPSA) is 53.0 Å². The van der Waals surface area contributed by atoms with Crippen molar-refractivity contribution in [1.29, 1.82) is 5.26 Å². The zero-order valence-corrected chi connectivity index (χ0v) is 11.5. The molecule has 1 aromatic rings. The second kappa shape index (κ2) is 6.12. The molecule has 2 N–H and O–H groups in total. The Labute approximate surface area is 113 Å². The van der Waals surface area contributed by atoms with Gasteiger partial charge in [-0.2, -0.15) is 5.26 Å². The van der Waals surface area contributed by atoms with Crippen LogP contribution < -0.4 is 10.6 Å². The lowest BCUT2D eigenvalue weighted by Gasteiger charge is -2.33. The van der Waals surface area contributed by atoms with E-state index in [0.29, 0.717) is 0 Å². The fourth-order valence-corrected chi connectivity index (χ4v) is 3.18. The molecule has 0 bridgehead atoms. The number of nitriles is 1. The number of nitrogens with two attached hydrogens (primary N) is 1. The third kappa shape index (κ3) is 2.80. The maximum Gasteiger partial charge on any atom is 0.103 e. The van der Waals surface area contributed by atoms with Crippen LogP contribution in [0.1, 0.15) is 25.3 Å². The van der Waals surface area contributed by atoms with Crippen LogP contribution in [0.4, 0.5) is 5.69 Å². The van der Waals surface area contributed by atoms with Gasteiger partial charge in [0.05, 0.1) is 11.3 Å². The lowest BCUT2D eigenvalue weighted by Crippen LogP contribution is -2.43. The molecule has 0 amide bonds. The average Bonchev–Trinajstić information content (AvgIpc) is 2.39. The molecule has 0 saturated carbocycles. The smallest absolute Gasteiger partial charge is 0.103 e. The van der Waals surface area contributed by atoms with Crippen LogP contribution in [0.5, 0.6) is 0 Å². The number of hydrogen-bond acceptors (Lipinski definition) is 4. The molecule has 1 saturated heterocycles. The summed E-state index contributed by atoms with van der Waals surface area (Å²) in [4.78, 5) is 3.34. The van der Waals surface area contributed by atoms with Crippen molar-refractivity contribution in [2.24, 2.45) is 5.73 Å².